The zero-order chi connectivity index (χ0) is 16.8. The molecule has 25 heavy (non-hydrogen) atoms. The van der Waals surface area contributed by atoms with Gasteiger partial charge < -0.3 is 15.5 Å². The molecular weight excluding hydrogens is 370 g/mol. The molecule has 5 rings (SSSR count). The molecule has 2 N–H and O–H groups in total. The fourth-order valence-electron chi connectivity index (χ4n) is 4.17. The summed E-state index contributed by atoms with van der Waals surface area (Å²) in [6.45, 7) is 2.97. The van der Waals surface area contributed by atoms with Crippen LogP contribution in [-0.4, -0.2) is 37.3 Å². The summed E-state index contributed by atoms with van der Waals surface area (Å²) in [5.41, 5.74) is 5.38. The molecule has 0 aromatic heterocycles. The van der Waals surface area contributed by atoms with Gasteiger partial charge in [-0.15, -0.1) is 11.6 Å². The number of rotatable bonds is 2. The van der Waals surface area contributed by atoms with Crippen LogP contribution in [0, 0.1) is 0 Å². The van der Waals surface area contributed by atoms with Gasteiger partial charge in [0, 0.05) is 59.4 Å². The Labute approximate surface area is 160 Å². The van der Waals surface area contributed by atoms with Crippen molar-refractivity contribution in [2.75, 3.05) is 41.5 Å². The summed E-state index contributed by atoms with van der Waals surface area (Å²) in [7, 11) is 3.78. The van der Waals surface area contributed by atoms with Crippen molar-refractivity contribution >= 4 is 55.3 Å². The molecule has 2 aromatic carbocycles. The van der Waals surface area contributed by atoms with Gasteiger partial charge in [-0.05, 0) is 17.0 Å². The van der Waals surface area contributed by atoms with Crippen molar-refractivity contribution in [3.63, 3.8) is 0 Å². The minimum atomic E-state index is 0.396. The summed E-state index contributed by atoms with van der Waals surface area (Å²) in [5, 5.41) is 12.3. The van der Waals surface area contributed by atoms with E-state index in [2.05, 4.69) is 51.3 Å². The van der Waals surface area contributed by atoms with Crippen LogP contribution in [0.2, 0.25) is 0 Å². The molecular formula is C19H20ClN3S2. The fraction of sp³-hybridized carbons (Fsp3) is 0.368. The molecule has 0 amide bonds. The number of piperazine rings is 1. The highest BCUT2D eigenvalue weighted by atomic mass is 35.5. The van der Waals surface area contributed by atoms with Crippen molar-refractivity contribution in [1.82, 2.24) is 5.32 Å². The average molecular weight is 390 g/mol. The standard InChI is InChI=1S/C19H20ClN3S2/c20-8-12-9-22-15-7-17(13-3-1-2-4-14(13)19(12)15)23-6-5-21-16-10-24-25-11-18(16)23/h1-4,7,11-12,16,21-22H,5-6,8-10H2/t12?,16-/m1/s1. The Morgan fingerprint density at radius 3 is 3.00 bits per heavy atom. The molecule has 1 unspecified atom stereocenters. The van der Waals surface area contributed by atoms with Crippen molar-refractivity contribution in [3.8, 4) is 0 Å². The monoisotopic (exact) mass is 389 g/mol. The van der Waals surface area contributed by atoms with Crippen molar-refractivity contribution in [2.45, 2.75) is 12.0 Å². The van der Waals surface area contributed by atoms with Crippen LogP contribution in [-0.2, 0) is 0 Å². The number of anilines is 2. The normalized spacial score (nSPS) is 25.3. The van der Waals surface area contributed by atoms with Crippen LogP contribution >= 0.6 is 33.2 Å². The first-order valence-corrected chi connectivity index (χ1v) is 11.6. The van der Waals surface area contributed by atoms with Crippen molar-refractivity contribution in [1.29, 1.82) is 0 Å². The van der Waals surface area contributed by atoms with Crippen LogP contribution in [0.4, 0.5) is 11.4 Å². The van der Waals surface area contributed by atoms with Crippen LogP contribution in [0.3, 0.4) is 0 Å². The van der Waals surface area contributed by atoms with E-state index in [0.717, 1.165) is 25.4 Å². The van der Waals surface area contributed by atoms with Gasteiger partial charge in [-0.2, -0.15) is 0 Å². The molecule has 3 nitrogen and oxygen atoms in total. The van der Waals surface area contributed by atoms with Crippen LogP contribution < -0.4 is 15.5 Å². The van der Waals surface area contributed by atoms with Crippen molar-refractivity contribution < 1.29 is 0 Å². The van der Waals surface area contributed by atoms with E-state index in [9.17, 15) is 0 Å². The largest absolute Gasteiger partial charge is 0.384 e. The van der Waals surface area contributed by atoms with E-state index in [0.29, 0.717) is 17.8 Å². The molecule has 1 saturated heterocycles. The first-order chi connectivity index (χ1) is 12.4. The SMILES string of the molecule is ClCC1CNc2cc(N3CCN[C@@H]4CSSC=C43)c3ccccc3c21. The van der Waals surface area contributed by atoms with E-state index in [-0.39, 0.29) is 0 Å². The highest BCUT2D eigenvalue weighted by molar-refractivity contribution is 8.77. The second kappa shape index (κ2) is 6.62. The molecule has 6 heteroatoms. The lowest BCUT2D eigenvalue weighted by Crippen LogP contribution is -2.50. The summed E-state index contributed by atoms with van der Waals surface area (Å²) in [6, 6.07) is 11.6. The van der Waals surface area contributed by atoms with Crippen LogP contribution in [0.1, 0.15) is 11.5 Å². The lowest BCUT2D eigenvalue weighted by atomic mass is 9.94. The first kappa shape index (κ1) is 16.2. The number of nitrogens with zero attached hydrogens (tertiary/aromatic N) is 1. The molecule has 3 heterocycles. The second-order valence-corrected chi connectivity index (χ2v) is 9.31. The van der Waals surface area contributed by atoms with Crippen molar-refractivity contribution in [2.24, 2.45) is 0 Å². The molecule has 0 radical (unpaired) electrons. The quantitative estimate of drug-likeness (QED) is 0.578. The van der Waals surface area contributed by atoms with E-state index < -0.39 is 0 Å². The van der Waals surface area contributed by atoms with Crippen molar-refractivity contribution in [3.05, 3.63) is 47.0 Å². The molecule has 0 spiro atoms. The Balaban J connectivity index is 1.70. The smallest absolute Gasteiger partial charge is 0.0581 e. The summed E-state index contributed by atoms with van der Waals surface area (Å²) in [5.74, 6) is 2.19. The number of benzene rings is 2. The number of nitrogens with one attached hydrogen (secondary N) is 2. The first-order valence-electron chi connectivity index (χ1n) is 8.71. The van der Waals surface area contributed by atoms with Crippen LogP contribution in [0.15, 0.2) is 41.4 Å². The summed E-state index contributed by atoms with van der Waals surface area (Å²) in [4.78, 5) is 2.52. The molecule has 0 bridgehead atoms. The summed E-state index contributed by atoms with van der Waals surface area (Å²) >= 11 is 6.24. The Morgan fingerprint density at radius 2 is 2.12 bits per heavy atom. The maximum atomic E-state index is 6.24. The Kier molecular flexibility index (Phi) is 4.28. The van der Waals surface area contributed by atoms with E-state index in [1.165, 1.54) is 33.4 Å². The Morgan fingerprint density at radius 1 is 1.24 bits per heavy atom. The van der Waals surface area contributed by atoms with Gasteiger partial charge in [0.2, 0.25) is 0 Å². The topological polar surface area (TPSA) is 27.3 Å². The van der Waals surface area contributed by atoms with Gasteiger partial charge in [-0.3, -0.25) is 0 Å². The second-order valence-electron chi connectivity index (χ2n) is 6.72. The highest BCUT2D eigenvalue weighted by Crippen LogP contribution is 2.45. The maximum Gasteiger partial charge on any atom is 0.0581 e. The maximum absolute atomic E-state index is 6.24. The molecule has 1 fully saturated rings. The van der Waals surface area contributed by atoms with Gasteiger partial charge >= 0.3 is 0 Å². The number of hydrogen-bond donors (Lipinski definition) is 2. The Hall–Kier alpha value is -1.01. The number of hydrogen-bond acceptors (Lipinski definition) is 5. The van der Waals surface area contributed by atoms with E-state index in [4.69, 9.17) is 11.6 Å². The molecule has 2 atom stereocenters. The van der Waals surface area contributed by atoms with Gasteiger partial charge in [0.25, 0.3) is 0 Å². The third-order valence-corrected chi connectivity index (χ3v) is 7.78. The minimum Gasteiger partial charge on any atom is -0.384 e. The lowest BCUT2D eigenvalue weighted by molar-refractivity contribution is 0.550. The molecule has 0 saturated carbocycles. The Bertz CT molecular complexity index is 854. The van der Waals surface area contributed by atoms with Gasteiger partial charge in [0.05, 0.1) is 11.7 Å². The number of halogens is 1. The average Bonchev–Trinajstić information content (AvgIpc) is 3.10. The van der Waals surface area contributed by atoms with Gasteiger partial charge in [0.1, 0.15) is 0 Å². The predicted octanol–water partition coefficient (Wildman–Crippen LogP) is 4.60. The molecule has 130 valence electrons. The number of alkyl halides is 1. The molecule has 0 aliphatic carbocycles. The zero-order valence-corrected chi connectivity index (χ0v) is 16.2. The van der Waals surface area contributed by atoms with E-state index >= 15 is 0 Å². The third kappa shape index (κ3) is 2.64. The molecule has 3 aliphatic heterocycles. The van der Waals surface area contributed by atoms with E-state index in [1.54, 1.807) is 0 Å². The number of fused-ring (bicyclic) bond motifs is 4. The van der Waals surface area contributed by atoms with Crippen LogP contribution in [0.25, 0.3) is 10.8 Å². The predicted molar refractivity (Wildman–Crippen MR) is 113 cm³/mol. The summed E-state index contributed by atoms with van der Waals surface area (Å²) < 4.78 is 0. The van der Waals surface area contributed by atoms with Crippen LogP contribution in [0.5, 0.6) is 0 Å². The summed E-state index contributed by atoms with van der Waals surface area (Å²) in [6.07, 6.45) is 0. The lowest BCUT2D eigenvalue weighted by Gasteiger charge is -2.40. The zero-order valence-electron chi connectivity index (χ0n) is 13.8. The minimum absolute atomic E-state index is 0.396. The van der Waals surface area contributed by atoms with Gasteiger partial charge in [0.15, 0.2) is 0 Å². The van der Waals surface area contributed by atoms with E-state index in [1.807, 2.05) is 21.6 Å². The van der Waals surface area contributed by atoms with Gasteiger partial charge in [-0.25, -0.2) is 0 Å². The third-order valence-electron chi connectivity index (χ3n) is 5.36. The van der Waals surface area contributed by atoms with Gasteiger partial charge in [-0.1, -0.05) is 45.9 Å². The molecule has 2 aromatic rings. The fourth-order valence-corrected chi connectivity index (χ4v) is 6.54. The highest BCUT2D eigenvalue weighted by Gasteiger charge is 2.31. The molecule has 3 aliphatic rings.